The minimum atomic E-state index is -0.113. The molecule has 0 saturated heterocycles. The molecule has 1 rings (SSSR count). The normalized spacial score (nSPS) is 12.2. The maximum absolute atomic E-state index is 5.93. The molecule has 82 valence electrons. The molecule has 0 heterocycles. The molecule has 0 aliphatic heterocycles. The van der Waals surface area contributed by atoms with Crippen molar-refractivity contribution < 1.29 is 4.74 Å². The zero-order valence-corrected chi connectivity index (χ0v) is 10.5. The Morgan fingerprint density at radius 2 is 2.20 bits per heavy atom. The van der Waals surface area contributed by atoms with Gasteiger partial charge in [-0.2, -0.15) is 0 Å². The van der Waals surface area contributed by atoms with Gasteiger partial charge < -0.3 is 10.5 Å². The van der Waals surface area contributed by atoms with E-state index in [1.165, 1.54) is 0 Å². The summed E-state index contributed by atoms with van der Waals surface area (Å²) in [6.07, 6.45) is 0.400. The molecular weight excluding hydrogens is 253 g/mol. The molecule has 2 nitrogen and oxygen atoms in total. The molecule has 0 aliphatic carbocycles. The Labute approximate surface area is 104 Å². The zero-order valence-electron chi connectivity index (χ0n) is 8.17. The molecule has 0 aromatic heterocycles. The maximum atomic E-state index is 5.93. The van der Waals surface area contributed by atoms with E-state index in [-0.39, 0.29) is 6.10 Å². The highest BCUT2D eigenvalue weighted by molar-refractivity contribution is 7.80. The van der Waals surface area contributed by atoms with Gasteiger partial charge in [-0.15, -0.1) is 0 Å². The van der Waals surface area contributed by atoms with E-state index in [1.54, 1.807) is 18.2 Å². The van der Waals surface area contributed by atoms with E-state index in [0.717, 1.165) is 0 Å². The van der Waals surface area contributed by atoms with E-state index in [4.69, 9.17) is 45.9 Å². The molecule has 0 bridgehead atoms. The van der Waals surface area contributed by atoms with Crippen molar-refractivity contribution in [3.05, 3.63) is 28.2 Å². The van der Waals surface area contributed by atoms with Gasteiger partial charge in [-0.25, -0.2) is 0 Å². The van der Waals surface area contributed by atoms with Gasteiger partial charge >= 0.3 is 0 Å². The first-order valence-electron chi connectivity index (χ1n) is 4.39. The molecule has 15 heavy (non-hydrogen) atoms. The first kappa shape index (κ1) is 12.6. The fraction of sp³-hybridized carbons (Fsp3) is 0.300. The van der Waals surface area contributed by atoms with Gasteiger partial charge in [0.25, 0.3) is 0 Å². The average molecular weight is 264 g/mol. The SMILES string of the molecule is CC(CC(N)=S)Oc1cc(Cl)ccc1Cl. The fourth-order valence-corrected chi connectivity index (χ4v) is 1.67. The summed E-state index contributed by atoms with van der Waals surface area (Å²) in [6.45, 7) is 1.87. The molecule has 1 unspecified atom stereocenters. The predicted molar refractivity (Wildman–Crippen MR) is 68.0 cm³/mol. The number of hydrogen-bond acceptors (Lipinski definition) is 2. The molecule has 1 aromatic carbocycles. The van der Waals surface area contributed by atoms with Gasteiger partial charge in [-0.1, -0.05) is 35.4 Å². The van der Waals surface area contributed by atoms with Crippen molar-refractivity contribution in [1.82, 2.24) is 0 Å². The summed E-state index contributed by atoms with van der Waals surface area (Å²) < 4.78 is 5.55. The molecule has 0 spiro atoms. The van der Waals surface area contributed by atoms with Crippen molar-refractivity contribution >= 4 is 40.4 Å². The minimum absolute atomic E-state index is 0.113. The Kier molecular flexibility index (Phi) is 4.64. The van der Waals surface area contributed by atoms with Crippen LogP contribution in [0.1, 0.15) is 13.3 Å². The highest BCUT2D eigenvalue weighted by atomic mass is 35.5. The number of hydrogen-bond donors (Lipinski definition) is 1. The fourth-order valence-electron chi connectivity index (χ4n) is 1.11. The Bertz CT molecular complexity index is 370. The van der Waals surface area contributed by atoms with Crippen molar-refractivity contribution in [2.24, 2.45) is 5.73 Å². The monoisotopic (exact) mass is 263 g/mol. The van der Waals surface area contributed by atoms with Crippen LogP contribution in [0, 0.1) is 0 Å². The third kappa shape index (κ3) is 4.24. The van der Waals surface area contributed by atoms with Crippen LogP contribution in [0.2, 0.25) is 10.0 Å². The summed E-state index contributed by atoms with van der Waals surface area (Å²) in [6, 6.07) is 5.06. The second-order valence-electron chi connectivity index (χ2n) is 3.17. The maximum Gasteiger partial charge on any atom is 0.139 e. The molecule has 2 N–H and O–H groups in total. The van der Waals surface area contributed by atoms with Gasteiger partial charge in [0.05, 0.1) is 10.0 Å². The van der Waals surface area contributed by atoms with Crippen LogP contribution in [-0.4, -0.2) is 11.1 Å². The van der Waals surface area contributed by atoms with Gasteiger partial charge in [0.1, 0.15) is 11.9 Å². The lowest BCUT2D eigenvalue weighted by Gasteiger charge is -2.15. The number of thiocarbonyl (C=S) groups is 1. The Morgan fingerprint density at radius 1 is 1.53 bits per heavy atom. The standard InChI is InChI=1S/C10H11Cl2NOS/c1-6(4-10(13)15)14-9-5-7(11)2-3-8(9)12/h2-3,5-6H,4H2,1H3,(H2,13,15). The van der Waals surface area contributed by atoms with Gasteiger partial charge in [0, 0.05) is 17.5 Å². The predicted octanol–water partition coefficient (Wildman–Crippen LogP) is 3.44. The van der Waals surface area contributed by atoms with Crippen LogP contribution in [0.4, 0.5) is 0 Å². The van der Waals surface area contributed by atoms with Gasteiger partial charge in [-0.3, -0.25) is 0 Å². The summed E-state index contributed by atoms with van der Waals surface area (Å²) in [5.41, 5.74) is 5.41. The summed E-state index contributed by atoms with van der Waals surface area (Å²) in [5, 5.41) is 1.10. The molecule has 5 heteroatoms. The Balaban J connectivity index is 2.71. The highest BCUT2D eigenvalue weighted by Gasteiger charge is 2.08. The number of ether oxygens (including phenoxy) is 1. The molecule has 1 atom stereocenters. The van der Waals surface area contributed by atoms with Crippen LogP contribution >= 0.6 is 35.4 Å². The Morgan fingerprint density at radius 3 is 2.80 bits per heavy atom. The van der Waals surface area contributed by atoms with E-state index in [1.807, 2.05) is 6.92 Å². The molecule has 0 aliphatic rings. The van der Waals surface area contributed by atoms with Crippen LogP contribution in [0.25, 0.3) is 0 Å². The quantitative estimate of drug-likeness (QED) is 0.846. The lowest BCUT2D eigenvalue weighted by atomic mass is 10.3. The number of nitrogens with two attached hydrogens (primary N) is 1. The van der Waals surface area contributed by atoms with Gasteiger partial charge in [-0.05, 0) is 19.1 Å². The topological polar surface area (TPSA) is 35.2 Å². The lowest BCUT2D eigenvalue weighted by molar-refractivity contribution is 0.230. The average Bonchev–Trinajstić information content (AvgIpc) is 2.10. The summed E-state index contributed by atoms with van der Waals surface area (Å²) in [5.74, 6) is 0.549. The molecule has 0 fully saturated rings. The molecule has 0 saturated carbocycles. The van der Waals surface area contributed by atoms with Crippen molar-refractivity contribution in [2.75, 3.05) is 0 Å². The first-order chi connectivity index (χ1) is 6.99. The third-order valence-electron chi connectivity index (χ3n) is 1.71. The summed E-state index contributed by atoms with van der Waals surface area (Å²) in [4.78, 5) is 0.417. The van der Waals surface area contributed by atoms with E-state index in [0.29, 0.717) is 27.2 Å². The summed E-state index contributed by atoms with van der Waals surface area (Å²) >= 11 is 16.5. The van der Waals surface area contributed by atoms with Crippen LogP contribution < -0.4 is 10.5 Å². The lowest BCUT2D eigenvalue weighted by Crippen LogP contribution is -2.20. The van der Waals surface area contributed by atoms with E-state index < -0.39 is 0 Å². The molecule has 1 aromatic rings. The first-order valence-corrected chi connectivity index (χ1v) is 5.55. The van der Waals surface area contributed by atoms with Crippen LogP contribution in [0.15, 0.2) is 18.2 Å². The third-order valence-corrected chi connectivity index (χ3v) is 2.42. The minimum Gasteiger partial charge on any atom is -0.489 e. The second-order valence-corrected chi connectivity index (χ2v) is 4.54. The van der Waals surface area contributed by atoms with Crippen LogP contribution in [0.5, 0.6) is 5.75 Å². The van der Waals surface area contributed by atoms with Crippen molar-refractivity contribution in [3.63, 3.8) is 0 Å². The summed E-state index contributed by atoms with van der Waals surface area (Å²) in [7, 11) is 0. The van der Waals surface area contributed by atoms with Gasteiger partial charge in [0.2, 0.25) is 0 Å². The van der Waals surface area contributed by atoms with Crippen LogP contribution in [0.3, 0.4) is 0 Å². The van der Waals surface area contributed by atoms with Crippen molar-refractivity contribution in [2.45, 2.75) is 19.4 Å². The van der Waals surface area contributed by atoms with Gasteiger partial charge in [0.15, 0.2) is 0 Å². The smallest absolute Gasteiger partial charge is 0.139 e. The van der Waals surface area contributed by atoms with Crippen LogP contribution in [-0.2, 0) is 0 Å². The number of halogens is 2. The molecule has 0 amide bonds. The van der Waals surface area contributed by atoms with E-state index in [9.17, 15) is 0 Å². The molecular formula is C10H11Cl2NOS. The van der Waals surface area contributed by atoms with Crippen molar-refractivity contribution in [1.29, 1.82) is 0 Å². The Hall–Kier alpha value is -0.510. The largest absolute Gasteiger partial charge is 0.489 e. The van der Waals surface area contributed by atoms with E-state index >= 15 is 0 Å². The number of rotatable bonds is 4. The van der Waals surface area contributed by atoms with E-state index in [2.05, 4.69) is 0 Å². The van der Waals surface area contributed by atoms with Crippen molar-refractivity contribution in [3.8, 4) is 5.75 Å². The second kappa shape index (κ2) is 5.54. The number of benzene rings is 1. The molecule has 0 radical (unpaired) electrons. The zero-order chi connectivity index (χ0) is 11.4. The highest BCUT2D eigenvalue weighted by Crippen LogP contribution is 2.28.